The van der Waals surface area contributed by atoms with E-state index < -0.39 is 21.4 Å². The van der Waals surface area contributed by atoms with Crippen molar-refractivity contribution in [1.82, 2.24) is 0 Å². The summed E-state index contributed by atoms with van der Waals surface area (Å²) in [5.74, 6) is 0.299. The largest absolute Gasteiger partial charge is 0.392 e. The molecule has 4 nitrogen and oxygen atoms in total. The minimum atomic E-state index is -2.98. The number of aliphatic hydroxyl groups is 1. The van der Waals surface area contributed by atoms with E-state index in [2.05, 4.69) is 0 Å². The minimum absolute atomic E-state index is 0.144. The lowest BCUT2D eigenvalue weighted by molar-refractivity contribution is 0.0938. The average molecular weight is 299 g/mol. The van der Waals surface area contributed by atoms with Crippen molar-refractivity contribution in [3.63, 3.8) is 0 Å². The summed E-state index contributed by atoms with van der Waals surface area (Å²) in [5.41, 5.74) is 6.30. The second kappa shape index (κ2) is 7.20. The van der Waals surface area contributed by atoms with Gasteiger partial charge in [-0.2, -0.15) is 0 Å². The van der Waals surface area contributed by atoms with Crippen molar-refractivity contribution in [1.29, 1.82) is 0 Å². The Morgan fingerprint density at radius 1 is 1.30 bits per heavy atom. The fraction of sp³-hybridized carbons (Fsp3) is 0.600. The van der Waals surface area contributed by atoms with Gasteiger partial charge in [0.1, 0.15) is 9.84 Å². The van der Waals surface area contributed by atoms with Gasteiger partial charge in [-0.3, -0.25) is 0 Å². The molecule has 2 atom stereocenters. The summed E-state index contributed by atoms with van der Waals surface area (Å²) < 4.78 is 23.2. The van der Waals surface area contributed by atoms with Crippen LogP contribution in [0.25, 0.3) is 0 Å². The van der Waals surface area contributed by atoms with E-state index >= 15 is 0 Å². The SMILES string of the molecule is CCS(=O)(=O)CCCC(CN)(c1ccccc1)C(C)O. The molecule has 0 saturated carbocycles. The molecule has 1 rings (SSSR count). The van der Waals surface area contributed by atoms with Gasteiger partial charge >= 0.3 is 0 Å². The van der Waals surface area contributed by atoms with Crippen LogP contribution in [0.1, 0.15) is 32.3 Å². The zero-order valence-electron chi connectivity index (χ0n) is 12.2. The number of sulfone groups is 1. The molecule has 0 aliphatic carbocycles. The van der Waals surface area contributed by atoms with Crippen LogP contribution in [0.3, 0.4) is 0 Å². The molecule has 0 amide bonds. The predicted molar refractivity (Wildman–Crippen MR) is 82.4 cm³/mol. The molecule has 2 unspecified atom stereocenters. The molecule has 0 radical (unpaired) electrons. The first kappa shape index (κ1) is 17.1. The molecule has 20 heavy (non-hydrogen) atoms. The maximum Gasteiger partial charge on any atom is 0.150 e. The van der Waals surface area contributed by atoms with Crippen LogP contribution in [0.15, 0.2) is 30.3 Å². The minimum Gasteiger partial charge on any atom is -0.392 e. The number of rotatable bonds is 8. The van der Waals surface area contributed by atoms with Gasteiger partial charge in [0.2, 0.25) is 0 Å². The normalized spacial score (nSPS) is 16.6. The second-order valence-electron chi connectivity index (χ2n) is 5.24. The van der Waals surface area contributed by atoms with Crippen molar-refractivity contribution in [2.75, 3.05) is 18.1 Å². The molecular formula is C15H25NO3S. The van der Waals surface area contributed by atoms with Crippen LogP contribution in [-0.2, 0) is 15.3 Å². The van der Waals surface area contributed by atoms with E-state index in [1.807, 2.05) is 30.3 Å². The third-order valence-corrected chi connectivity index (χ3v) is 5.82. The maximum absolute atomic E-state index is 11.6. The standard InChI is InChI=1S/C15H25NO3S/c1-3-20(18,19)11-7-10-15(12-16,13(2)17)14-8-5-4-6-9-14/h4-6,8-9,13,17H,3,7,10-12,16H2,1-2H3. The number of hydrogen-bond donors (Lipinski definition) is 2. The first-order valence-corrected chi connectivity index (χ1v) is 8.84. The van der Waals surface area contributed by atoms with Crippen LogP contribution in [0.5, 0.6) is 0 Å². The molecule has 0 aliphatic heterocycles. The predicted octanol–water partition coefficient (Wildman–Crippen LogP) is 1.48. The summed E-state index contributed by atoms with van der Waals surface area (Å²) >= 11 is 0. The summed E-state index contributed by atoms with van der Waals surface area (Å²) in [5, 5.41) is 10.2. The van der Waals surface area contributed by atoms with Gasteiger partial charge in [-0.25, -0.2) is 8.42 Å². The van der Waals surface area contributed by atoms with Crippen molar-refractivity contribution in [2.24, 2.45) is 5.73 Å². The highest BCUT2D eigenvalue weighted by atomic mass is 32.2. The average Bonchev–Trinajstić information content (AvgIpc) is 2.44. The Morgan fingerprint density at radius 2 is 1.90 bits per heavy atom. The Labute approximate surface area is 121 Å². The second-order valence-corrected chi connectivity index (χ2v) is 7.71. The fourth-order valence-corrected chi connectivity index (χ4v) is 3.38. The number of nitrogens with two attached hydrogens (primary N) is 1. The van der Waals surface area contributed by atoms with Gasteiger partial charge in [0.05, 0.1) is 11.9 Å². The van der Waals surface area contributed by atoms with Gasteiger partial charge in [0, 0.05) is 17.7 Å². The Kier molecular flexibility index (Phi) is 6.17. The van der Waals surface area contributed by atoms with E-state index in [0.29, 0.717) is 19.4 Å². The van der Waals surface area contributed by atoms with Crippen LogP contribution in [0, 0.1) is 0 Å². The summed E-state index contributed by atoms with van der Waals surface area (Å²) in [4.78, 5) is 0. The van der Waals surface area contributed by atoms with Crippen molar-refractivity contribution in [2.45, 2.75) is 38.2 Å². The van der Waals surface area contributed by atoms with E-state index in [1.165, 1.54) is 0 Å². The molecule has 1 aromatic carbocycles. The van der Waals surface area contributed by atoms with Crippen molar-refractivity contribution in [3.05, 3.63) is 35.9 Å². The topological polar surface area (TPSA) is 80.4 Å². The Morgan fingerprint density at radius 3 is 2.35 bits per heavy atom. The van der Waals surface area contributed by atoms with Crippen molar-refractivity contribution < 1.29 is 13.5 Å². The van der Waals surface area contributed by atoms with E-state index in [-0.39, 0.29) is 11.5 Å². The molecule has 0 heterocycles. The van der Waals surface area contributed by atoms with Gasteiger partial charge in [-0.05, 0) is 25.3 Å². The first-order chi connectivity index (χ1) is 9.38. The summed E-state index contributed by atoms with van der Waals surface area (Å²) in [6.07, 6.45) is 0.441. The Balaban J connectivity index is 2.91. The highest BCUT2D eigenvalue weighted by Crippen LogP contribution is 2.32. The van der Waals surface area contributed by atoms with E-state index in [1.54, 1.807) is 13.8 Å². The number of aliphatic hydroxyl groups excluding tert-OH is 1. The Hall–Kier alpha value is -0.910. The van der Waals surface area contributed by atoms with Gasteiger partial charge in [-0.1, -0.05) is 37.3 Å². The van der Waals surface area contributed by atoms with E-state index in [0.717, 1.165) is 5.56 Å². The molecule has 0 saturated heterocycles. The van der Waals surface area contributed by atoms with E-state index in [9.17, 15) is 13.5 Å². The van der Waals surface area contributed by atoms with Crippen molar-refractivity contribution in [3.8, 4) is 0 Å². The molecule has 0 aliphatic rings. The lowest BCUT2D eigenvalue weighted by Gasteiger charge is -2.36. The van der Waals surface area contributed by atoms with Crippen molar-refractivity contribution >= 4 is 9.84 Å². The highest BCUT2D eigenvalue weighted by Gasteiger charge is 2.35. The van der Waals surface area contributed by atoms with Gasteiger partial charge in [-0.15, -0.1) is 0 Å². The van der Waals surface area contributed by atoms with Crippen LogP contribution < -0.4 is 5.73 Å². The van der Waals surface area contributed by atoms with Crippen LogP contribution >= 0.6 is 0 Å². The number of hydrogen-bond acceptors (Lipinski definition) is 4. The van der Waals surface area contributed by atoms with Crippen LogP contribution in [0.2, 0.25) is 0 Å². The smallest absolute Gasteiger partial charge is 0.150 e. The van der Waals surface area contributed by atoms with Gasteiger partial charge in [0.25, 0.3) is 0 Å². The summed E-state index contributed by atoms with van der Waals surface area (Å²) in [6, 6.07) is 9.60. The molecular weight excluding hydrogens is 274 g/mol. The lowest BCUT2D eigenvalue weighted by atomic mass is 9.73. The zero-order chi connectivity index (χ0) is 15.2. The lowest BCUT2D eigenvalue weighted by Crippen LogP contribution is -2.44. The number of benzene rings is 1. The summed E-state index contributed by atoms with van der Waals surface area (Å²) in [6.45, 7) is 3.66. The van der Waals surface area contributed by atoms with Gasteiger partial charge < -0.3 is 10.8 Å². The third-order valence-electron chi connectivity index (χ3n) is 4.03. The molecule has 5 heteroatoms. The zero-order valence-corrected chi connectivity index (χ0v) is 13.1. The molecule has 1 aromatic rings. The molecule has 0 bridgehead atoms. The molecule has 0 fully saturated rings. The molecule has 3 N–H and O–H groups in total. The molecule has 0 spiro atoms. The van der Waals surface area contributed by atoms with Crippen LogP contribution in [-0.4, -0.2) is 37.7 Å². The monoisotopic (exact) mass is 299 g/mol. The molecule has 0 aromatic heterocycles. The first-order valence-electron chi connectivity index (χ1n) is 7.02. The fourth-order valence-electron chi connectivity index (χ4n) is 2.51. The quantitative estimate of drug-likeness (QED) is 0.762. The molecule has 114 valence electrons. The van der Waals surface area contributed by atoms with Gasteiger partial charge in [0.15, 0.2) is 0 Å². The maximum atomic E-state index is 11.6. The third kappa shape index (κ3) is 4.04. The van der Waals surface area contributed by atoms with E-state index in [4.69, 9.17) is 5.73 Å². The highest BCUT2D eigenvalue weighted by molar-refractivity contribution is 7.91. The summed E-state index contributed by atoms with van der Waals surface area (Å²) in [7, 11) is -2.98. The Bertz CT molecular complexity index is 499. The van der Waals surface area contributed by atoms with Crippen LogP contribution in [0.4, 0.5) is 0 Å².